The summed E-state index contributed by atoms with van der Waals surface area (Å²) in [5.74, 6) is 0. The third-order valence-corrected chi connectivity index (χ3v) is 2.75. The Morgan fingerprint density at radius 2 is 2.22 bits per heavy atom. The van der Waals surface area contributed by atoms with Gasteiger partial charge in [0.15, 0.2) is 0 Å². The molecule has 0 heterocycles. The van der Waals surface area contributed by atoms with Crippen LogP contribution in [0.1, 0.15) is 19.8 Å². The molecule has 0 aliphatic carbocycles. The van der Waals surface area contributed by atoms with Crippen LogP contribution in [0.4, 0.5) is 10.5 Å². The normalized spacial score (nSPS) is 10.2. The summed E-state index contributed by atoms with van der Waals surface area (Å²) in [5, 5.41) is 12.3. The van der Waals surface area contributed by atoms with Crippen molar-refractivity contribution in [3.63, 3.8) is 0 Å². The van der Waals surface area contributed by atoms with E-state index < -0.39 is 0 Å². The van der Waals surface area contributed by atoms with Crippen LogP contribution in [-0.4, -0.2) is 35.7 Å². The van der Waals surface area contributed by atoms with Gasteiger partial charge >= 0.3 is 6.03 Å². The molecule has 0 atom stereocenters. The minimum absolute atomic E-state index is 0.0350. The molecule has 100 valence electrons. The van der Waals surface area contributed by atoms with Crippen molar-refractivity contribution in [2.45, 2.75) is 19.8 Å². The summed E-state index contributed by atoms with van der Waals surface area (Å²) in [4.78, 5) is 13.6. The summed E-state index contributed by atoms with van der Waals surface area (Å²) in [5.41, 5.74) is 0.659. The molecule has 0 aliphatic rings. The fraction of sp³-hybridized carbons (Fsp3) is 0.462. The second kappa shape index (κ2) is 7.95. The standard InChI is InChI=1S/C13H19ClN2O2/c1-2-3-7-16(8-9-17)13(18)15-12-6-4-5-11(14)10-12/h4-6,10,17H,2-3,7-9H2,1H3,(H,15,18). The number of anilines is 1. The van der Waals surface area contributed by atoms with Crippen molar-refractivity contribution in [2.75, 3.05) is 25.0 Å². The maximum absolute atomic E-state index is 12.0. The predicted octanol–water partition coefficient (Wildman–Crippen LogP) is 2.97. The Morgan fingerprint density at radius 3 is 2.83 bits per heavy atom. The van der Waals surface area contributed by atoms with Gasteiger partial charge in [-0.05, 0) is 24.6 Å². The molecule has 1 aromatic rings. The lowest BCUT2D eigenvalue weighted by molar-refractivity contribution is 0.187. The van der Waals surface area contributed by atoms with E-state index >= 15 is 0 Å². The zero-order chi connectivity index (χ0) is 13.4. The molecule has 0 fully saturated rings. The number of aliphatic hydroxyl groups excluding tert-OH is 1. The largest absolute Gasteiger partial charge is 0.395 e. The van der Waals surface area contributed by atoms with Crippen molar-refractivity contribution >= 4 is 23.3 Å². The Balaban J connectivity index is 2.60. The highest BCUT2D eigenvalue weighted by Crippen LogP contribution is 2.15. The highest BCUT2D eigenvalue weighted by molar-refractivity contribution is 6.30. The van der Waals surface area contributed by atoms with Crippen LogP contribution in [0.2, 0.25) is 5.02 Å². The van der Waals surface area contributed by atoms with Crippen LogP contribution >= 0.6 is 11.6 Å². The molecule has 0 radical (unpaired) electrons. The van der Waals surface area contributed by atoms with Crippen LogP contribution in [0.15, 0.2) is 24.3 Å². The summed E-state index contributed by atoms with van der Waals surface area (Å²) >= 11 is 5.85. The molecule has 0 bridgehead atoms. The van der Waals surface area contributed by atoms with Crippen molar-refractivity contribution in [3.05, 3.63) is 29.3 Å². The van der Waals surface area contributed by atoms with Crippen LogP contribution in [0.3, 0.4) is 0 Å². The van der Waals surface area contributed by atoms with E-state index in [0.717, 1.165) is 12.8 Å². The molecule has 1 rings (SSSR count). The third kappa shape index (κ3) is 4.94. The molecule has 0 saturated carbocycles. The number of nitrogens with zero attached hydrogens (tertiary/aromatic N) is 1. The molecule has 0 unspecified atom stereocenters. The Kier molecular flexibility index (Phi) is 6.54. The topological polar surface area (TPSA) is 52.6 Å². The lowest BCUT2D eigenvalue weighted by atomic mass is 10.3. The van der Waals surface area contributed by atoms with Gasteiger partial charge in [-0.1, -0.05) is 31.0 Å². The summed E-state index contributed by atoms with van der Waals surface area (Å²) in [6, 6.07) is 6.79. The molecule has 0 spiro atoms. The van der Waals surface area contributed by atoms with Crippen LogP contribution in [-0.2, 0) is 0 Å². The molecule has 1 aromatic carbocycles. The van der Waals surface area contributed by atoms with Crippen LogP contribution in [0.25, 0.3) is 0 Å². The Morgan fingerprint density at radius 1 is 1.44 bits per heavy atom. The van der Waals surface area contributed by atoms with Crippen molar-refractivity contribution in [1.82, 2.24) is 4.90 Å². The first kappa shape index (κ1) is 14.8. The van der Waals surface area contributed by atoms with Gasteiger partial charge in [-0.2, -0.15) is 0 Å². The lowest BCUT2D eigenvalue weighted by Crippen LogP contribution is -2.37. The second-order valence-electron chi connectivity index (χ2n) is 4.00. The van der Waals surface area contributed by atoms with Gasteiger partial charge in [0, 0.05) is 23.8 Å². The molecule has 4 nitrogen and oxygen atoms in total. The fourth-order valence-corrected chi connectivity index (χ4v) is 1.74. The van der Waals surface area contributed by atoms with E-state index in [2.05, 4.69) is 12.2 Å². The number of rotatable bonds is 6. The summed E-state index contributed by atoms with van der Waals surface area (Å²) < 4.78 is 0. The van der Waals surface area contributed by atoms with Gasteiger partial charge in [0.05, 0.1) is 6.61 Å². The minimum atomic E-state index is -0.209. The van der Waals surface area contributed by atoms with E-state index in [9.17, 15) is 4.79 Å². The maximum Gasteiger partial charge on any atom is 0.321 e. The summed E-state index contributed by atoms with van der Waals surface area (Å²) in [6.45, 7) is 3.01. The zero-order valence-corrected chi connectivity index (χ0v) is 11.3. The van der Waals surface area contributed by atoms with E-state index in [4.69, 9.17) is 16.7 Å². The quantitative estimate of drug-likeness (QED) is 0.835. The number of hydrogen-bond acceptors (Lipinski definition) is 2. The summed E-state index contributed by atoms with van der Waals surface area (Å²) in [7, 11) is 0. The van der Waals surface area contributed by atoms with E-state index in [1.54, 1.807) is 29.2 Å². The monoisotopic (exact) mass is 270 g/mol. The second-order valence-corrected chi connectivity index (χ2v) is 4.44. The number of benzene rings is 1. The van der Waals surface area contributed by atoms with Crippen molar-refractivity contribution < 1.29 is 9.90 Å². The number of hydrogen-bond donors (Lipinski definition) is 2. The average Bonchev–Trinajstić information content (AvgIpc) is 2.34. The fourth-order valence-electron chi connectivity index (χ4n) is 1.55. The van der Waals surface area contributed by atoms with E-state index in [0.29, 0.717) is 23.8 Å². The van der Waals surface area contributed by atoms with Gasteiger partial charge in [0.25, 0.3) is 0 Å². The maximum atomic E-state index is 12.0. The Bertz CT molecular complexity index is 385. The lowest BCUT2D eigenvalue weighted by Gasteiger charge is -2.22. The zero-order valence-electron chi connectivity index (χ0n) is 10.5. The molecule has 0 saturated heterocycles. The highest BCUT2D eigenvalue weighted by Gasteiger charge is 2.12. The third-order valence-electron chi connectivity index (χ3n) is 2.51. The van der Waals surface area contributed by atoms with Crippen molar-refractivity contribution in [3.8, 4) is 0 Å². The SMILES string of the molecule is CCCCN(CCO)C(=O)Nc1cccc(Cl)c1. The average molecular weight is 271 g/mol. The number of urea groups is 1. The smallest absolute Gasteiger partial charge is 0.321 e. The number of amides is 2. The van der Waals surface area contributed by atoms with E-state index in [1.807, 2.05) is 0 Å². The highest BCUT2D eigenvalue weighted by atomic mass is 35.5. The summed E-state index contributed by atoms with van der Waals surface area (Å²) in [6.07, 6.45) is 1.93. The number of aliphatic hydroxyl groups is 1. The number of nitrogens with one attached hydrogen (secondary N) is 1. The molecular weight excluding hydrogens is 252 g/mol. The first-order chi connectivity index (χ1) is 8.67. The molecule has 2 amide bonds. The first-order valence-corrected chi connectivity index (χ1v) is 6.47. The molecule has 0 aromatic heterocycles. The number of carbonyl (C=O) groups excluding carboxylic acids is 1. The van der Waals surface area contributed by atoms with E-state index in [-0.39, 0.29) is 12.6 Å². The van der Waals surface area contributed by atoms with E-state index in [1.165, 1.54) is 0 Å². The van der Waals surface area contributed by atoms with Gasteiger partial charge in [0.2, 0.25) is 0 Å². The predicted molar refractivity (Wildman–Crippen MR) is 74.0 cm³/mol. The van der Waals surface area contributed by atoms with Gasteiger partial charge < -0.3 is 15.3 Å². The van der Waals surface area contributed by atoms with Crippen LogP contribution in [0, 0.1) is 0 Å². The van der Waals surface area contributed by atoms with Gasteiger partial charge in [0.1, 0.15) is 0 Å². The molecule has 0 aliphatic heterocycles. The molecule has 18 heavy (non-hydrogen) atoms. The minimum Gasteiger partial charge on any atom is -0.395 e. The number of unbranched alkanes of at least 4 members (excludes halogenated alkanes) is 1. The van der Waals surface area contributed by atoms with Crippen LogP contribution in [0.5, 0.6) is 0 Å². The molecule has 5 heteroatoms. The van der Waals surface area contributed by atoms with Crippen molar-refractivity contribution in [2.24, 2.45) is 0 Å². The molecule has 2 N–H and O–H groups in total. The van der Waals surface area contributed by atoms with Gasteiger partial charge in [-0.3, -0.25) is 0 Å². The number of halogens is 1. The van der Waals surface area contributed by atoms with Gasteiger partial charge in [-0.25, -0.2) is 4.79 Å². The van der Waals surface area contributed by atoms with Crippen molar-refractivity contribution in [1.29, 1.82) is 0 Å². The first-order valence-electron chi connectivity index (χ1n) is 6.09. The Hall–Kier alpha value is -1.26. The number of carbonyl (C=O) groups is 1. The molecular formula is C13H19ClN2O2. The van der Waals surface area contributed by atoms with Gasteiger partial charge in [-0.15, -0.1) is 0 Å². The Labute approximate surface area is 113 Å². The van der Waals surface area contributed by atoms with Crippen LogP contribution < -0.4 is 5.32 Å².